The number of aryl methyl sites for hydroxylation is 1. The molecule has 1 aromatic heterocycles. The standard InChI is InChI=1S/C13H20N2O/c16-12-6-3-7-14-13(12)10-8-15-11-5-2-1-4-9(10)11/h8,12-16H,1-7H2. The van der Waals surface area contributed by atoms with Gasteiger partial charge in [0.15, 0.2) is 0 Å². The van der Waals surface area contributed by atoms with E-state index in [0.29, 0.717) is 0 Å². The zero-order valence-electron chi connectivity index (χ0n) is 9.63. The van der Waals surface area contributed by atoms with Crippen molar-refractivity contribution in [2.24, 2.45) is 0 Å². The van der Waals surface area contributed by atoms with Crippen molar-refractivity contribution in [1.82, 2.24) is 10.3 Å². The summed E-state index contributed by atoms with van der Waals surface area (Å²) in [6.07, 6.45) is 8.87. The maximum atomic E-state index is 10.1. The van der Waals surface area contributed by atoms with Crippen molar-refractivity contribution in [3.63, 3.8) is 0 Å². The van der Waals surface area contributed by atoms with E-state index in [1.165, 1.54) is 42.5 Å². The highest BCUT2D eigenvalue weighted by molar-refractivity contribution is 5.36. The van der Waals surface area contributed by atoms with Crippen LogP contribution in [0.3, 0.4) is 0 Å². The summed E-state index contributed by atoms with van der Waals surface area (Å²) in [4.78, 5) is 3.39. The normalized spacial score (nSPS) is 30.1. The number of piperidine rings is 1. The van der Waals surface area contributed by atoms with Crippen LogP contribution < -0.4 is 5.32 Å². The molecular weight excluding hydrogens is 200 g/mol. The van der Waals surface area contributed by atoms with Crippen LogP contribution in [0.25, 0.3) is 0 Å². The van der Waals surface area contributed by atoms with Gasteiger partial charge in [0.1, 0.15) is 0 Å². The minimum atomic E-state index is -0.212. The number of fused-ring (bicyclic) bond motifs is 1. The van der Waals surface area contributed by atoms with E-state index < -0.39 is 0 Å². The van der Waals surface area contributed by atoms with Crippen molar-refractivity contribution in [3.8, 4) is 0 Å². The SMILES string of the molecule is OC1CCCNC1c1c[nH]c2c1CCCC2. The molecular formula is C13H20N2O. The molecule has 3 heteroatoms. The maximum Gasteiger partial charge on any atom is 0.0736 e. The molecule has 2 heterocycles. The molecule has 0 saturated carbocycles. The van der Waals surface area contributed by atoms with Gasteiger partial charge in [-0.05, 0) is 56.2 Å². The van der Waals surface area contributed by atoms with E-state index in [-0.39, 0.29) is 12.1 Å². The van der Waals surface area contributed by atoms with Crippen molar-refractivity contribution in [3.05, 3.63) is 23.0 Å². The fraction of sp³-hybridized carbons (Fsp3) is 0.692. The molecule has 88 valence electrons. The Hall–Kier alpha value is -0.800. The third kappa shape index (κ3) is 1.68. The molecule has 1 aliphatic heterocycles. The molecule has 1 aromatic rings. The van der Waals surface area contributed by atoms with Crippen molar-refractivity contribution >= 4 is 0 Å². The van der Waals surface area contributed by atoms with Crippen LogP contribution in [0.4, 0.5) is 0 Å². The molecule has 1 saturated heterocycles. The Morgan fingerprint density at radius 2 is 2.06 bits per heavy atom. The average molecular weight is 220 g/mol. The number of aliphatic hydroxyl groups is 1. The molecule has 3 N–H and O–H groups in total. The number of hydrogen-bond acceptors (Lipinski definition) is 2. The van der Waals surface area contributed by atoms with E-state index in [0.717, 1.165) is 19.4 Å². The number of aromatic amines is 1. The van der Waals surface area contributed by atoms with Crippen LogP contribution in [-0.4, -0.2) is 22.7 Å². The minimum Gasteiger partial charge on any atom is -0.391 e. The summed E-state index contributed by atoms with van der Waals surface area (Å²) in [6.45, 7) is 1.03. The van der Waals surface area contributed by atoms with Gasteiger partial charge >= 0.3 is 0 Å². The zero-order chi connectivity index (χ0) is 11.0. The van der Waals surface area contributed by atoms with Crippen LogP contribution >= 0.6 is 0 Å². The van der Waals surface area contributed by atoms with Gasteiger partial charge in [-0.25, -0.2) is 0 Å². The summed E-state index contributed by atoms with van der Waals surface area (Å²) in [6, 6.07) is 0.159. The Morgan fingerprint density at radius 1 is 1.19 bits per heavy atom. The Labute approximate surface area is 96.3 Å². The van der Waals surface area contributed by atoms with Crippen LogP contribution in [0.2, 0.25) is 0 Å². The second kappa shape index (κ2) is 4.22. The fourth-order valence-electron chi connectivity index (χ4n) is 3.10. The zero-order valence-corrected chi connectivity index (χ0v) is 9.63. The molecule has 0 amide bonds. The summed E-state index contributed by atoms with van der Waals surface area (Å²) < 4.78 is 0. The number of H-pyrrole nitrogens is 1. The second-order valence-electron chi connectivity index (χ2n) is 5.05. The Morgan fingerprint density at radius 3 is 2.94 bits per heavy atom. The van der Waals surface area contributed by atoms with Crippen LogP contribution in [0, 0.1) is 0 Å². The van der Waals surface area contributed by atoms with E-state index in [1.807, 2.05) is 0 Å². The highest BCUT2D eigenvalue weighted by Crippen LogP contribution is 2.31. The maximum absolute atomic E-state index is 10.1. The smallest absolute Gasteiger partial charge is 0.0736 e. The summed E-state index contributed by atoms with van der Waals surface area (Å²) in [5.41, 5.74) is 4.20. The summed E-state index contributed by atoms with van der Waals surface area (Å²) >= 11 is 0. The quantitative estimate of drug-likeness (QED) is 0.674. The molecule has 0 bridgehead atoms. The minimum absolute atomic E-state index is 0.159. The van der Waals surface area contributed by atoms with Gasteiger partial charge in [-0.3, -0.25) is 0 Å². The lowest BCUT2D eigenvalue weighted by molar-refractivity contribution is 0.0961. The number of aliphatic hydroxyl groups excluding tert-OH is 1. The Kier molecular flexibility index (Phi) is 2.74. The molecule has 2 aliphatic rings. The van der Waals surface area contributed by atoms with Crippen LogP contribution in [0.15, 0.2) is 6.20 Å². The Bertz CT molecular complexity index is 372. The summed E-state index contributed by atoms with van der Waals surface area (Å²) in [5, 5.41) is 13.5. The molecule has 1 fully saturated rings. The number of hydrogen-bond donors (Lipinski definition) is 3. The van der Waals surface area contributed by atoms with Gasteiger partial charge in [0.25, 0.3) is 0 Å². The molecule has 3 rings (SSSR count). The molecule has 16 heavy (non-hydrogen) atoms. The number of nitrogens with one attached hydrogen (secondary N) is 2. The van der Waals surface area contributed by atoms with Crippen molar-refractivity contribution in [2.75, 3.05) is 6.54 Å². The lowest BCUT2D eigenvalue weighted by Gasteiger charge is -2.30. The molecule has 2 atom stereocenters. The first kappa shape index (κ1) is 10.4. The molecule has 0 radical (unpaired) electrons. The van der Waals surface area contributed by atoms with Gasteiger partial charge in [-0.15, -0.1) is 0 Å². The van der Waals surface area contributed by atoms with E-state index in [2.05, 4.69) is 16.5 Å². The van der Waals surface area contributed by atoms with Gasteiger partial charge < -0.3 is 15.4 Å². The fourth-order valence-corrected chi connectivity index (χ4v) is 3.10. The van der Waals surface area contributed by atoms with Crippen LogP contribution in [0.1, 0.15) is 48.5 Å². The van der Waals surface area contributed by atoms with E-state index in [4.69, 9.17) is 0 Å². The van der Waals surface area contributed by atoms with Gasteiger partial charge in [-0.2, -0.15) is 0 Å². The number of aromatic nitrogens is 1. The summed E-state index contributed by atoms with van der Waals surface area (Å²) in [7, 11) is 0. The van der Waals surface area contributed by atoms with Gasteiger partial charge in [0.05, 0.1) is 12.1 Å². The average Bonchev–Trinajstić information content (AvgIpc) is 2.74. The topological polar surface area (TPSA) is 48.0 Å². The van der Waals surface area contributed by atoms with Crippen LogP contribution in [-0.2, 0) is 12.8 Å². The van der Waals surface area contributed by atoms with Gasteiger partial charge in [0, 0.05) is 11.9 Å². The molecule has 2 unspecified atom stereocenters. The Balaban J connectivity index is 1.90. The predicted molar refractivity (Wildman–Crippen MR) is 63.4 cm³/mol. The third-order valence-corrected chi connectivity index (χ3v) is 3.98. The lowest BCUT2D eigenvalue weighted by atomic mass is 9.88. The first-order valence-corrected chi connectivity index (χ1v) is 6.47. The largest absolute Gasteiger partial charge is 0.391 e. The lowest BCUT2D eigenvalue weighted by Crippen LogP contribution is -2.38. The first-order chi connectivity index (χ1) is 7.86. The van der Waals surface area contributed by atoms with E-state index in [1.54, 1.807) is 0 Å². The van der Waals surface area contributed by atoms with E-state index >= 15 is 0 Å². The summed E-state index contributed by atoms with van der Waals surface area (Å²) in [5.74, 6) is 0. The highest BCUT2D eigenvalue weighted by atomic mass is 16.3. The van der Waals surface area contributed by atoms with Gasteiger partial charge in [0.2, 0.25) is 0 Å². The highest BCUT2D eigenvalue weighted by Gasteiger charge is 2.28. The molecule has 3 nitrogen and oxygen atoms in total. The monoisotopic (exact) mass is 220 g/mol. The molecule has 0 aromatic carbocycles. The van der Waals surface area contributed by atoms with Crippen LogP contribution in [0.5, 0.6) is 0 Å². The third-order valence-electron chi connectivity index (χ3n) is 3.98. The molecule has 0 spiro atoms. The van der Waals surface area contributed by atoms with E-state index in [9.17, 15) is 5.11 Å². The predicted octanol–water partition coefficient (Wildman–Crippen LogP) is 1.68. The van der Waals surface area contributed by atoms with Crippen molar-refractivity contribution in [1.29, 1.82) is 0 Å². The van der Waals surface area contributed by atoms with Crippen molar-refractivity contribution < 1.29 is 5.11 Å². The van der Waals surface area contributed by atoms with Gasteiger partial charge in [-0.1, -0.05) is 0 Å². The van der Waals surface area contributed by atoms with Crippen molar-refractivity contribution in [2.45, 2.75) is 50.7 Å². The molecule has 1 aliphatic carbocycles. The number of rotatable bonds is 1. The first-order valence-electron chi connectivity index (χ1n) is 6.47. The second-order valence-corrected chi connectivity index (χ2v) is 5.05.